The molecule has 452 valence electrons. The van der Waals surface area contributed by atoms with E-state index < -0.39 is 0 Å². The van der Waals surface area contributed by atoms with Crippen molar-refractivity contribution in [3.05, 3.63) is 399 Å². The summed E-state index contributed by atoms with van der Waals surface area (Å²) in [5, 5.41) is 3.50. The molecule has 0 aliphatic heterocycles. The maximum Gasteiger partial charge on any atom is 0.0726 e. The first-order chi connectivity index (χ1) is 46.6. The van der Waals surface area contributed by atoms with Gasteiger partial charge in [0.15, 0.2) is 0 Å². The largest absolute Gasteiger partial charge is 0.356 e. The first-order valence-electron chi connectivity index (χ1n) is 33.3. The standard InChI is InChI=1S/C46H33N.C25H15Br.C21H19N/c1-45(2)39-20-10-6-16-33(39)37-26-24-31(28-43(37)45)47(30-14-4-3-5-15-30)32-25-27-38-36-19-9-13-23-42(36)46(44(38)29-32)40-21-11-7-17-34(40)35-18-8-12-22-41(35)46;26-16-13-14-20-19-9-3-6-12-23(19)25(24(20)15-16)21-10-4-1-7-17(21)18-8-2-5-11-22(18)25;1-21(2)19-11-7-6-10-17(19)18-13-12-16(14-20(18)21)22-15-8-4-3-5-9-15/h3-29H,1-2H3;1-15H;3-14,22H,1-2H3. The summed E-state index contributed by atoms with van der Waals surface area (Å²) >= 11 is 3.72. The predicted octanol–water partition coefficient (Wildman–Crippen LogP) is 24.3. The number of para-hydroxylation sites is 2. The number of fused-ring (bicyclic) bond motifs is 26. The highest BCUT2D eigenvalue weighted by Gasteiger charge is 2.53. The SMILES string of the molecule is Brc1ccc2c(c1)C1(c3ccccc3-c3ccccc31)c1ccccc1-2.CC1(C)c2ccccc2-c2ccc(N(c3ccccc3)c3ccc4c(c3)C3(c5ccccc5-c5ccccc53)c3ccccc3-4)cc21.CC1(C)c2ccccc2-c2ccc(Nc3ccccc3)cc21. The van der Waals surface area contributed by atoms with E-state index in [9.17, 15) is 0 Å². The lowest BCUT2D eigenvalue weighted by molar-refractivity contribution is 0.660. The third kappa shape index (κ3) is 8.28. The van der Waals surface area contributed by atoms with Gasteiger partial charge in [-0.25, -0.2) is 0 Å². The molecule has 6 aliphatic rings. The fourth-order valence-corrected chi connectivity index (χ4v) is 18.0. The third-order valence-corrected chi connectivity index (χ3v) is 22.2. The van der Waals surface area contributed by atoms with Crippen LogP contribution in [0.5, 0.6) is 0 Å². The molecule has 0 bridgehead atoms. The van der Waals surface area contributed by atoms with Gasteiger partial charge in [0.1, 0.15) is 0 Å². The Hall–Kier alpha value is -10.8. The Balaban J connectivity index is 0.000000115. The molecule has 2 nitrogen and oxygen atoms in total. The normalized spacial score (nSPS) is 14.7. The molecule has 0 saturated carbocycles. The average molecular weight is 1280 g/mol. The zero-order valence-corrected chi connectivity index (χ0v) is 55.1. The van der Waals surface area contributed by atoms with Crippen molar-refractivity contribution in [2.75, 3.05) is 10.2 Å². The van der Waals surface area contributed by atoms with Crippen LogP contribution in [0.25, 0.3) is 66.8 Å². The lowest BCUT2D eigenvalue weighted by atomic mass is 9.70. The van der Waals surface area contributed by atoms with Crippen LogP contribution in [0.4, 0.5) is 28.4 Å². The highest BCUT2D eigenvalue weighted by atomic mass is 79.9. The van der Waals surface area contributed by atoms with Crippen molar-refractivity contribution in [1.82, 2.24) is 0 Å². The first kappa shape index (κ1) is 56.9. The number of rotatable bonds is 5. The van der Waals surface area contributed by atoms with Gasteiger partial charge in [-0.1, -0.05) is 298 Å². The Bertz CT molecular complexity index is 5310. The minimum atomic E-state index is -0.376. The van der Waals surface area contributed by atoms with E-state index in [1.807, 2.05) is 6.07 Å². The predicted molar refractivity (Wildman–Crippen MR) is 399 cm³/mol. The fraction of sp³-hybridized carbons (Fsp3) is 0.0870. The van der Waals surface area contributed by atoms with Gasteiger partial charge in [-0.3, -0.25) is 0 Å². The van der Waals surface area contributed by atoms with Crippen molar-refractivity contribution in [3.63, 3.8) is 0 Å². The second kappa shape index (κ2) is 21.6. The molecule has 0 aromatic heterocycles. The number of anilines is 5. The molecule has 6 aliphatic carbocycles. The van der Waals surface area contributed by atoms with E-state index in [0.717, 1.165) is 27.2 Å². The van der Waals surface area contributed by atoms with Crippen molar-refractivity contribution in [2.45, 2.75) is 49.4 Å². The Morgan fingerprint density at radius 2 is 0.505 bits per heavy atom. The van der Waals surface area contributed by atoms with Gasteiger partial charge in [0, 0.05) is 43.7 Å². The van der Waals surface area contributed by atoms with Gasteiger partial charge in [0.2, 0.25) is 0 Å². The van der Waals surface area contributed by atoms with Crippen molar-refractivity contribution in [3.8, 4) is 66.8 Å². The highest BCUT2D eigenvalue weighted by molar-refractivity contribution is 9.10. The molecule has 0 amide bonds. The molecule has 0 unspecified atom stereocenters. The molecule has 0 atom stereocenters. The van der Waals surface area contributed by atoms with Gasteiger partial charge in [-0.2, -0.15) is 0 Å². The van der Waals surface area contributed by atoms with E-state index in [1.165, 1.54) is 139 Å². The smallest absolute Gasteiger partial charge is 0.0726 e. The summed E-state index contributed by atoms with van der Waals surface area (Å²) in [5.74, 6) is 0. The van der Waals surface area contributed by atoms with E-state index in [4.69, 9.17) is 0 Å². The number of benzene rings is 14. The first-order valence-corrected chi connectivity index (χ1v) is 34.0. The van der Waals surface area contributed by atoms with Gasteiger partial charge < -0.3 is 10.2 Å². The van der Waals surface area contributed by atoms with Crippen LogP contribution in [0.2, 0.25) is 0 Å². The van der Waals surface area contributed by atoms with Gasteiger partial charge in [0.05, 0.1) is 10.8 Å². The summed E-state index contributed by atoms with van der Waals surface area (Å²) in [6.45, 7) is 9.34. The van der Waals surface area contributed by atoms with Crippen molar-refractivity contribution in [1.29, 1.82) is 0 Å². The third-order valence-electron chi connectivity index (χ3n) is 21.7. The zero-order chi connectivity index (χ0) is 63.8. The van der Waals surface area contributed by atoms with Crippen LogP contribution in [-0.4, -0.2) is 0 Å². The van der Waals surface area contributed by atoms with Crippen LogP contribution in [0.15, 0.2) is 332 Å². The van der Waals surface area contributed by atoms with Crippen LogP contribution in [0.3, 0.4) is 0 Å². The molecule has 3 heteroatoms. The monoisotopic (exact) mass is 1280 g/mol. The molecule has 14 aromatic rings. The Kier molecular flexibility index (Phi) is 12.9. The van der Waals surface area contributed by atoms with E-state index in [0.29, 0.717) is 0 Å². The van der Waals surface area contributed by atoms with Gasteiger partial charge in [-0.05, 0) is 206 Å². The summed E-state index contributed by atoms with van der Waals surface area (Å²) in [7, 11) is 0. The Morgan fingerprint density at radius 3 is 0.916 bits per heavy atom. The molecular weight excluding hydrogens is 1210 g/mol. The molecular formula is C92H67BrN2. The lowest BCUT2D eigenvalue weighted by Crippen LogP contribution is -2.26. The molecule has 0 fully saturated rings. The molecule has 0 saturated heterocycles. The quantitative estimate of drug-likeness (QED) is 0.185. The van der Waals surface area contributed by atoms with Crippen molar-refractivity contribution >= 4 is 44.4 Å². The zero-order valence-electron chi connectivity index (χ0n) is 53.5. The molecule has 0 radical (unpaired) electrons. The van der Waals surface area contributed by atoms with Crippen molar-refractivity contribution < 1.29 is 0 Å². The van der Waals surface area contributed by atoms with Crippen LogP contribution in [0, 0.1) is 0 Å². The summed E-state index contributed by atoms with van der Waals surface area (Å²) < 4.78 is 1.13. The minimum Gasteiger partial charge on any atom is -0.356 e. The van der Waals surface area contributed by atoms with Crippen LogP contribution in [0.1, 0.15) is 94.5 Å². The highest BCUT2D eigenvalue weighted by Crippen LogP contribution is 2.65. The maximum atomic E-state index is 3.72. The summed E-state index contributed by atoms with van der Waals surface area (Å²) in [5.41, 5.74) is 37.9. The molecule has 0 heterocycles. The summed E-state index contributed by atoms with van der Waals surface area (Å²) in [6.07, 6.45) is 0. The van der Waals surface area contributed by atoms with E-state index in [2.05, 4.69) is 375 Å². The lowest BCUT2D eigenvalue weighted by Gasteiger charge is -2.32. The Labute approximate surface area is 565 Å². The van der Waals surface area contributed by atoms with Crippen LogP contribution >= 0.6 is 15.9 Å². The average Bonchev–Trinajstić information content (AvgIpc) is 1.52. The van der Waals surface area contributed by atoms with Crippen LogP contribution in [-0.2, 0) is 21.7 Å². The summed E-state index contributed by atoms with van der Waals surface area (Å²) in [4.78, 5) is 2.45. The number of nitrogens with one attached hydrogen (secondary N) is 1. The number of nitrogens with zero attached hydrogens (tertiary/aromatic N) is 1. The number of halogens is 1. The van der Waals surface area contributed by atoms with E-state index >= 15 is 0 Å². The van der Waals surface area contributed by atoms with Crippen molar-refractivity contribution in [2.24, 2.45) is 0 Å². The Morgan fingerprint density at radius 1 is 0.221 bits per heavy atom. The van der Waals surface area contributed by atoms with Gasteiger partial charge in [0.25, 0.3) is 0 Å². The van der Waals surface area contributed by atoms with Crippen LogP contribution < -0.4 is 10.2 Å². The second-order valence-corrected chi connectivity index (χ2v) is 28.1. The van der Waals surface area contributed by atoms with Gasteiger partial charge in [-0.15, -0.1) is 0 Å². The number of hydrogen-bond acceptors (Lipinski definition) is 2. The molecule has 95 heavy (non-hydrogen) atoms. The maximum absolute atomic E-state index is 3.72. The minimum absolute atomic E-state index is 0.0559. The second-order valence-electron chi connectivity index (χ2n) is 27.2. The van der Waals surface area contributed by atoms with Gasteiger partial charge >= 0.3 is 0 Å². The van der Waals surface area contributed by atoms with E-state index in [1.54, 1.807) is 0 Å². The fourth-order valence-electron chi connectivity index (χ4n) is 17.6. The molecule has 20 rings (SSSR count). The molecule has 1 N–H and O–H groups in total. The summed E-state index contributed by atoms with van der Waals surface area (Å²) in [6, 6.07) is 120. The molecule has 14 aromatic carbocycles. The van der Waals surface area contributed by atoms with E-state index in [-0.39, 0.29) is 21.7 Å². The topological polar surface area (TPSA) is 15.3 Å². The number of hydrogen-bond donors (Lipinski definition) is 1. The molecule has 2 spiro atoms.